The second-order valence-corrected chi connectivity index (χ2v) is 7.31. The molecule has 0 bridgehead atoms. The number of nitrogens with zero attached hydrogens (tertiary/aromatic N) is 2. The summed E-state index contributed by atoms with van der Waals surface area (Å²) in [5, 5.41) is 8.23. The fourth-order valence-corrected chi connectivity index (χ4v) is 3.25. The number of rotatable bonds is 5. The number of carbonyl (C=O) groups excluding carboxylic acids is 1. The van der Waals surface area contributed by atoms with E-state index in [0.29, 0.717) is 21.6 Å². The number of aromatic nitrogens is 2. The molecule has 29 heavy (non-hydrogen) atoms. The number of carbonyl (C=O) groups is 1. The van der Waals surface area contributed by atoms with Gasteiger partial charge in [0.15, 0.2) is 0 Å². The third-order valence-corrected chi connectivity index (χ3v) is 4.77. The maximum Gasteiger partial charge on any atom is 0.228 e. The van der Waals surface area contributed by atoms with Crippen LogP contribution in [0.1, 0.15) is 5.56 Å². The summed E-state index contributed by atoms with van der Waals surface area (Å²) in [5.74, 6) is 0.513. The van der Waals surface area contributed by atoms with Crippen LogP contribution >= 0.6 is 23.2 Å². The SMILES string of the molecule is O=C(Cc1ccc(Cl)cc1)Nc1ccc2ncnc(Nc3cccc(Cl)c3)c2c1. The minimum Gasteiger partial charge on any atom is -0.340 e. The number of nitrogens with one attached hydrogen (secondary N) is 2. The molecule has 0 spiro atoms. The highest BCUT2D eigenvalue weighted by Gasteiger charge is 2.09. The van der Waals surface area contributed by atoms with Crippen LogP contribution < -0.4 is 10.6 Å². The van der Waals surface area contributed by atoms with Gasteiger partial charge in [-0.1, -0.05) is 41.4 Å². The van der Waals surface area contributed by atoms with Gasteiger partial charge >= 0.3 is 0 Å². The first kappa shape index (κ1) is 19.2. The van der Waals surface area contributed by atoms with Crippen molar-refractivity contribution in [1.82, 2.24) is 9.97 Å². The molecule has 0 saturated heterocycles. The molecule has 1 aromatic heterocycles. The van der Waals surface area contributed by atoms with Crippen LogP contribution in [0, 0.1) is 0 Å². The molecule has 144 valence electrons. The monoisotopic (exact) mass is 422 g/mol. The molecule has 0 fully saturated rings. The van der Waals surface area contributed by atoms with Crippen molar-refractivity contribution in [2.75, 3.05) is 10.6 Å². The fraction of sp³-hybridized carbons (Fsp3) is 0.0455. The van der Waals surface area contributed by atoms with Crippen LogP contribution in [-0.4, -0.2) is 15.9 Å². The number of hydrogen-bond donors (Lipinski definition) is 2. The maximum absolute atomic E-state index is 12.4. The lowest BCUT2D eigenvalue weighted by molar-refractivity contribution is -0.115. The standard InChI is InChI=1S/C22H16Cl2N4O/c23-15-6-4-14(5-7-15)10-21(29)27-18-8-9-20-19(12-18)22(26-13-25-20)28-17-3-1-2-16(24)11-17/h1-9,11-13H,10H2,(H,27,29)(H,25,26,28). The lowest BCUT2D eigenvalue weighted by Gasteiger charge is -2.11. The third kappa shape index (κ3) is 4.83. The fourth-order valence-electron chi connectivity index (χ4n) is 2.93. The summed E-state index contributed by atoms with van der Waals surface area (Å²) >= 11 is 11.9. The molecular weight excluding hydrogens is 407 g/mol. The van der Waals surface area contributed by atoms with E-state index in [2.05, 4.69) is 20.6 Å². The molecule has 0 aliphatic heterocycles. The normalized spacial score (nSPS) is 10.7. The van der Waals surface area contributed by atoms with Crippen LogP contribution in [0.15, 0.2) is 73.1 Å². The van der Waals surface area contributed by atoms with Crippen molar-refractivity contribution in [2.45, 2.75) is 6.42 Å². The molecule has 3 aromatic carbocycles. The van der Waals surface area contributed by atoms with E-state index in [9.17, 15) is 4.79 Å². The molecule has 4 rings (SSSR count). The van der Waals surface area contributed by atoms with Gasteiger partial charge in [-0.2, -0.15) is 0 Å². The highest BCUT2D eigenvalue weighted by atomic mass is 35.5. The Morgan fingerprint density at radius 3 is 2.48 bits per heavy atom. The molecule has 0 radical (unpaired) electrons. The smallest absolute Gasteiger partial charge is 0.228 e. The van der Waals surface area contributed by atoms with Crippen LogP contribution in [0.3, 0.4) is 0 Å². The van der Waals surface area contributed by atoms with Crippen LogP contribution in [0.5, 0.6) is 0 Å². The molecule has 1 heterocycles. The van der Waals surface area contributed by atoms with Gasteiger partial charge in [-0.25, -0.2) is 9.97 Å². The first-order valence-corrected chi connectivity index (χ1v) is 9.64. The van der Waals surface area contributed by atoms with Crippen LogP contribution in [-0.2, 0) is 11.2 Å². The molecule has 1 amide bonds. The van der Waals surface area contributed by atoms with E-state index in [0.717, 1.165) is 22.2 Å². The lowest BCUT2D eigenvalue weighted by Crippen LogP contribution is -2.14. The largest absolute Gasteiger partial charge is 0.340 e. The van der Waals surface area contributed by atoms with Crippen molar-refractivity contribution in [3.05, 3.63) is 88.7 Å². The molecule has 0 atom stereocenters. The zero-order valence-corrected chi connectivity index (χ0v) is 16.7. The number of halogens is 2. The van der Waals surface area contributed by atoms with Crippen molar-refractivity contribution >= 4 is 57.2 Å². The van der Waals surface area contributed by atoms with Gasteiger partial charge in [0.1, 0.15) is 12.1 Å². The van der Waals surface area contributed by atoms with Gasteiger partial charge in [0.05, 0.1) is 11.9 Å². The highest BCUT2D eigenvalue weighted by molar-refractivity contribution is 6.31. The zero-order chi connectivity index (χ0) is 20.2. The minimum absolute atomic E-state index is 0.118. The molecular formula is C22H16Cl2N4O. The lowest BCUT2D eigenvalue weighted by atomic mass is 10.1. The number of fused-ring (bicyclic) bond motifs is 1. The average Bonchev–Trinajstić information content (AvgIpc) is 2.70. The second-order valence-electron chi connectivity index (χ2n) is 6.44. The Kier molecular flexibility index (Phi) is 5.60. The van der Waals surface area contributed by atoms with Gasteiger partial charge in [-0.15, -0.1) is 0 Å². The summed E-state index contributed by atoms with van der Waals surface area (Å²) in [6.45, 7) is 0. The molecule has 0 aliphatic rings. The number of anilines is 3. The summed E-state index contributed by atoms with van der Waals surface area (Å²) in [7, 11) is 0. The van der Waals surface area contributed by atoms with Gasteiger partial charge in [0, 0.05) is 26.8 Å². The van der Waals surface area contributed by atoms with Crippen molar-refractivity contribution in [2.24, 2.45) is 0 Å². The molecule has 0 saturated carbocycles. The summed E-state index contributed by atoms with van der Waals surface area (Å²) in [6, 6.07) is 20.1. The Morgan fingerprint density at radius 2 is 1.69 bits per heavy atom. The summed E-state index contributed by atoms with van der Waals surface area (Å²) < 4.78 is 0. The van der Waals surface area contributed by atoms with Gasteiger partial charge in [0.2, 0.25) is 5.91 Å². The first-order valence-electron chi connectivity index (χ1n) is 8.88. The Hall–Kier alpha value is -3.15. The number of hydrogen-bond acceptors (Lipinski definition) is 4. The van der Waals surface area contributed by atoms with Gasteiger partial charge in [-0.05, 0) is 54.1 Å². The van der Waals surface area contributed by atoms with Gasteiger partial charge in [-0.3, -0.25) is 4.79 Å². The summed E-state index contributed by atoms with van der Waals surface area (Å²) in [5.41, 5.74) is 3.13. The first-order chi connectivity index (χ1) is 14.1. The van der Waals surface area contributed by atoms with E-state index >= 15 is 0 Å². The molecule has 0 aliphatic carbocycles. The Morgan fingerprint density at radius 1 is 0.862 bits per heavy atom. The maximum atomic E-state index is 12.4. The predicted molar refractivity (Wildman–Crippen MR) is 118 cm³/mol. The third-order valence-electron chi connectivity index (χ3n) is 4.28. The Balaban J connectivity index is 1.56. The van der Waals surface area contributed by atoms with Crippen molar-refractivity contribution in [3.63, 3.8) is 0 Å². The van der Waals surface area contributed by atoms with E-state index in [-0.39, 0.29) is 12.3 Å². The van der Waals surface area contributed by atoms with Crippen LogP contribution in [0.25, 0.3) is 10.9 Å². The van der Waals surface area contributed by atoms with E-state index < -0.39 is 0 Å². The van der Waals surface area contributed by atoms with Gasteiger partial charge in [0.25, 0.3) is 0 Å². The van der Waals surface area contributed by atoms with E-state index in [1.807, 2.05) is 48.5 Å². The zero-order valence-electron chi connectivity index (χ0n) is 15.2. The molecule has 4 aromatic rings. The summed E-state index contributed by atoms with van der Waals surface area (Å²) in [6.07, 6.45) is 1.75. The van der Waals surface area contributed by atoms with Crippen molar-refractivity contribution in [1.29, 1.82) is 0 Å². The van der Waals surface area contributed by atoms with Crippen molar-refractivity contribution < 1.29 is 4.79 Å². The molecule has 2 N–H and O–H groups in total. The van der Waals surface area contributed by atoms with Crippen molar-refractivity contribution in [3.8, 4) is 0 Å². The van der Waals surface area contributed by atoms with E-state index in [4.69, 9.17) is 23.2 Å². The predicted octanol–water partition coefficient (Wildman–Crippen LogP) is 5.86. The quantitative estimate of drug-likeness (QED) is 0.422. The van der Waals surface area contributed by atoms with Gasteiger partial charge < -0.3 is 10.6 Å². The second kappa shape index (κ2) is 8.47. The molecule has 5 nitrogen and oxygen atoms in total. The highest BCUT2D eigenvalue weighted by Crippen LogP contribution is 2.27. The molecule has 0 unspecified atom stereocenters. The molecule has 7 heteroatoms. The topological polar surface area (TPSA) is 66.9 Å². The number of amides is 1. The average molecular weight is 423 g/mol. The van der Waals surface area contributed by atoms with Crippen LogP contribution in [0.4, 0.5) is 17.2 Å². The van der Waals surface area contributed by atoms with Crippen LogP contribution in [0.2, 0.25) is 10.0 Å². The Bertz CT molecular complexity index is 1180. The summed E-state index contributed by atoms with van der Waals surface area (Å²) in [4.78, 5) is 21.0. The Labute approximate surface area is 177 Å². The van der Waals surface area contributed by atoms with E-state index in [1.165, 1.54) is 6.33 Å². The number of benzene rings is 3. The van der Waals surface area contributed by atoms with E-state index in [1.54, 1.807) is 18.2 Å². The minimum atomic E-state index is -0.118.